The average molecular weight is 409 g/mol. The standard InChI is InChI=1S/C22H28N6O2/c1-15(2)19(24-21(29)17-9-5-6-11-23-17)20-26-25-18-10-12-27(13-14-28(18)20)22(30)16-7-3-4-8-16/h5-7,9,11,15,19H,3-4,8,10,12-14H2,1-2H3,(H,24,29). The Morgan fingerprint density at radius 2 is 1.97 bits per heavy atom. The van der Waals surface area contributed by atoms with Crippen molar-refractivity contribution in [1.29, 1.82) is 0 Å². The average Bonchev–Trinajstić information content (AvgIpc) is 3.38. The molecule has 8 heteroatoms. The van der Waals surface area contributed by atoms with E-state index in [0.29, 0.717) is 31.7 Å². The van der Waals surface area contributed by atoms with Crippen LogP contribution in [0.15, 0.2) is 36.0 Å². The van der Waals surface area contributed by atoms with Crippen LogP contribution in [0.3, 0.4) is 0 Å². The fourth-order valence-corrected chi connectivity index (χ4v) is 4.09. The van der Waals surface area contributed by atoms with E-state index in [9.17, 15) is 9.59 Å². The predicted molar refractivity (Wildman–Crippen MR) is 112 cm³/mol. The summed E-state index contributed by atoms with van der Waals surface area (Å²) in [5.74, 6) is 1.63. The second-order valence-electron chi connectivity index (χ2n) is 8.20. The molecule has 4 rings (SSSR count). The second-order valence-corrected chi connectivity index (χ2v) is 8.20. The summed E-state index contributed by atoms with van der Waals surface area (Å²) in [5.41, 5.74) is 1.32. The van der Waals surface area contributed by atoms with Gasteiger partial charge in [-0.1, -0.05) is 26.0 Å². The van der Waals surface area contributed by atoms with E-state index >= 15 is 0 Å². The summed E-state index contributed by atoms with van der Waals surface area (Å²) in [4.78, 5) is 31.6. The molecule has 0 radical (unpaired) electrons. The number of nitrogens with one attached hydrogen (secondary N) is 1. The molecule has 2 amide bonds. The highest BCUT2D eigenvalue weighted by atomic mass is 16.2. The Bertz CT molecular complexity index is 950. The van der Waals surface area contributed by atoms with E-state index in [4.69, 9.17) is 0 Å². The highest BCUT2D eigenvalue weighted by Gasteiger charge is 2.29. The number of aromatic nitrogens is 4. The third kappa shape index (κ3) is 4.13. The summed E-state index contributed by atoms with van der Waals surface area (Å²) in [6, 6.07) is 4.98. The highest BCUT2D eigenvalue weighted by molar-refractivity contribution is 5.94. The van der Waals surface area contributed by atoms with Crippen LogP contribution >= 0.6 is 0 Å². The van der Waals surface area contributed by atoms with Gasteiger partial charge in [-0.05, 0) is 37.3 Å². The van der Waals surface area contributed by atoms with Crippen molar-refractivity contribution < 1.29 is 9.59 Å². The van der Waals surface area contributed by atoms with Crippen LogP contribution in [0.5, 0.6) is 0 Å². The van der Waals surface area contributed by atoms with Gasteiger partial charge < -0.3 is 14.8 Å². The Hall–Kier alpha value is -3.03. The molecular weight excluding hydrogens is 380 g/mol. The van der Waals surface area contributed by atoms with Crippen LogP contribution in [0, 0.1) is 5.92 Å². The van der Waals surface area contributed by atoms with Gasteiger partial charge in [0.15, 0.2) is 5.82 Å². The van der Waals surface area contributed by atoms with E-state index in [-0.39, 0.29) is 23.8 Å². The van der Waals surface area contributed by atoms with E-state index in [1.165, 1.54) is 0 Å². The van der Waals surface area contributed by atoms with E-state index in [1.807, 2.05) is 18.7 Å². The molecule has 1 N–H and O–H groups in total. The number of carbonyl (C=O) groups excluding carboxylic acids is 2. The molecule has 1 aliphatic heterocycles. The molecule has 0 saturated carbocycles. The van der Waals surface area contributed by atoms with Crippen LogP contribution in [0.1, 0.15) is 61.3 Å². The molecule has 0 bridgehead atoms. The van der Waals surface area contributed by atoms with Crippen molar-refractivity contribution in [1.82, 2.24) is 30.0 Å². The summed E-state index contributed by atoms with van der Waals surface area (Å²) in [7, 11) is 0. The van der Waals surface area contributed by atoms with Crippen LogP contribution in [0.2, 0.25) is 0 Å². The number of hydrogen-bond acceptors (Lipinski definition) is 5. The second kappa shape index (κ2) is 8.77. The lowest BCUT2D eigenvalue weighted by Crippen LogP contribution is -2.36. The first kappa shape index (κ1) is 20.3. The fraction of sp³-hybridized carbons (Fsp3) is 0.500. The van der Waals surface area contributed by atoms with Gasteiger partial charge in [-0.3, -0.25) is 14.6 Å². The summed E-state index contributed by atoms with van der Waals surface area (Å²) >= 11 is 0. The molecule has 2 aromatic rings. The molecule has 1 unspecified atom stereocenters. The molecule has 30 heavy (non-hydrogen) atoms. The third-order valence-corrected chi connectivity index (χ3v) is 5.79. The first-order chi connectivity index (χ1) is 14.5. The lowest BCUT2D eigenvalue weighted by molar-refractivity contribution is -0.127. The summed E-state index contributed by atoms with van der Waals surface area (Å²) in [5, 5.41) is 11.9. The van der Waals surface area contributed by atoms with Crippen LogP contribution < -0.4 is 5.32 Å². The zero-order chi connectivity index (χ0) is 21.1. The topological polar surface area (TPSA) is 93.0 Å². The van der Waals surface area contributed by atoms with E-state index < -0.39 is 0 Å². The maximum Gasteiger partial charge on any atom is 0.270 e. The Kier molecular flexibility index (Phi) is 5.92. The van der Waals surface area contributed by atoms with Gasteiger partial charge >= 0.3 is 0 Å². The Labute approximate surface area is 176 Å². The van der Waals surface area contributed by atoms with Gasteiger partial charge in [0.2, 0.25) is 5.91 Å². The number of allylic oxidation sites excluding steroid dienone is 1. The van der Waals surface area contributed by atoms with Crippen molar-refractivity contribution in [2.24, 2.45) is 5.92 Å². The van der Waals surface area contributed by atoms with E-state index in [0.717, 1.165) is 36.5 Å². The highest BCUT2D eigenvalue weighted by Crippen LogP contribution is 2.24. The molecule has 8 nitrogen and oxygen atoms in total. The Balaban J connectivity index is 1.51. The van der Waals surface area contributed by atoms with Crippen molar-refractivity contribution in [3.8, 4) is 0 Å². The lowest BCUT2D eigenvalue weighted by atomic mass is 10.0. The molecule has 1 aliphatic carbocycles. The molecule has 2 aromatic heterocycles. The van der Waals surface area contributed by atoms with Gasteiger partial charge in [0.1, 0.15) is 11.5 Å². The van der Waals surface area contributed by atoms with Crippen LogP contribution in [-0.4, -0.2) is 49.6 Å². The molecule has 158 valence electrons. The monoisotopic (exact) mass is 408 g/mol. The van der Waals surface area contributed by atoms with E-state index in [1.54, 1.807) is 24.4 Å². The summed E-state index contributed by atoms with van der Waals surface area (Å²) in [6.45, 7) is 5.97. The van der Waals surface area contributed by atoms with Crippen molar-refractivity contribution in [3.63, 3.8) is 0 Å². The van der Waals surface area contributed by atoms with Crippen LogP contribution in [0.4, 0.5) is 0 Å². The molecular formula is C22H28N6O2. The maximum atomic E-state index is 12.8. The Morgan fingerprint density at radius 1 is 1.10 bits per heavy atom. The van der Waals surface area contributed by atoms with Gasteiger partial charge in [-0.15, -0.1) is 10.2 Å². The molecule has 0 aromatic carbocycles. The molecule has 3 heterocycles. The number of fused-ring (bicyclic) bond motifs is 1. The number of pyridine rings is 1. The first-order valence-electron chi connectivity index (χ1n) is 10.7. The SMILES string of the molecule is CC(C)C(NC(=O)c1ccccn1)c1nnc2n1CCN(C(=O)C1=CCCC1)CC2. The van der Waals surface area contributed by atoms with Gasteiger partial charge in [0.05, 0.1) is 6.04 Å². The van der Waals surface area contributed by atoms with Crippen molar-refractivity contribution in [2.45, 2.75) is 52.1 Å². The van der Waals surface area contributed by atoms with Crippen LogP contribution in [0.25, 0.3) is 0 Å². The zero-order valence-corrected chi connectivity index (χ0v) is 17.5. The summed E-state index contributed by atoms with van der Waals surface area (Å²) < 4.78 is 2.07. The minimum atomic E-state index is -0.291. The Morgan fingerprint density at radius 3 is 2.67 bits per heavy atom. The zero-order valence-electron chi connectivity index (χ0n) is 17.5. The van der Waals surface area contributed by atoms with Gasteiger partial charge in [-0.2, -0.15) is 0 Å². The minimum absolute atomic E-state index is 0.121. The maximum absolute atomic E-state index is 12.8. The quantitative estimate of drug-likeness (QED) is 0.819. The van der Waals surface area contributed by atoms with Crippen molar-refractivity contribution in [3.05, 3.63) is 53.4 Å². The van der Waals surface area contributed by atoms with E-state index in [2.05, 4.69) is 31.1 Å². The fourth-order valence-electron chi connectivity index (χ4n) is 4.09. The molecule has 0 fully saturated rings. The number of rotatable bonds is 5. The first-order valence-corrected chi connectivity index (χ1v) is 10.7. The number of nitrogens with zero attached hydrogens (tertiary/aromatic N) is 5. The minimum Gasteiger partial charge on any atom is -0.340 e. The number of hydrogen-bond donors (Lipinski definition) is 1. The largest absolute Gasteiger partial charge is 0.340 e. The van der Waals surface area contributed by atoms with Gasteiger partial charge in [0.25, 0.3) is 5.91 Å². The van der Waals surface area contributed by atoms with Crippen molar-refractivity contribution in [2.75, 3.05) is 13.1 Å². The molecule has 0 saturated heterocycles. The number of amides is 2. The molecule has 0 spiro atoms. The molecule has 1 atom stereocenters. The van der Waals surface area contributed by atoms with Crippen molar-refractivity contribution >= 4 is 11.8 Å². The summed E-state index contributed by atoms with van der Waals surface area (Å²) in [6.07, 6.45) is 7.27. The normalized spacial score (nSPS) is 17.3. The predicted octanol–water partition coefficient (Wildman–Crippen LogP) is 2.30. The third-order valence-electron chi connectivity index (χ3n) is 5.79. The van der Waals surface area contributed by atoms with Gasteiger partial charge in [0, 0.05) is 37.8 Å². The van der Waals surface area contributed by atoms with Gasteiger partial charge in [-0.25, -0.2) is 0 Å². The molecule has 2 aliphatic rings. The number of carbonyl (C=O) groups is 2. The van der Waals surface area contributed by atoms with Crippen LogP contribution in [-0.2, 0) is 17.8 Å². The lowest BCUT2D eigenvalue weighted by Gasteiger charge is -2.23. The smallest absolute Gasteiger partial charge is 0.270 e.